The molecule has 1 atom stereocenters. The Bertz CT molecular complexity index is 454. The topological polar surface area (TPSA) is 63.6 Å². The third-order valence-electron chi connectivity index (χ3n) is 2.73. The number of hydrogen-bond acceptors (Lipinski definition) is 4. The third kappa shape index (κ3) is 3.58. The zero-order valence-corrected chi connectivity index (χ0v) is 11.1. The maximum atomic E-state index is 11.4. The number of Topliss-reactive ketones (excluding diaryl/α,β-unsaturated/α-hetero) is 1. The molecule has 1 N–H and O–H groups in total. The first-order valence-corrected chi connectivity index (χ1v) is 5.78. The molecule has 0 heterocycles. The highest BCUT2D eigenvalue weighted by molar-refractivity contribution is 5.83. The molecule has 0 fully saturated rings. The van der Waals surface area contributed by atoms with Crippen molar-refractivity contribution in [1.82, 2.24) is 0 Å². The zero-order valence-electron chi connectivity index (χ0n) is 11.1. The van der Waals surface area contributed by atoms with Crippen molar-refractivity contribution in [2.24, 2.45) is 0 Å². The van der Waals surface area contributed by atoms with E-state index in [9.17, 15) is 14.7 Å². The summed E-state index contributed by atoms with van der Waals surface area (Å²) in [6, 6.07) is 3.59. The lowest BCUT2D eigenvalue weighted by Crippen LogP contribution is -2.26. The summed E-state index contributed by atoms with van der Waals surface area (Å²) in [5.74, 6) is -0.401. The van der Waals surface area contributed by atoms with Gasteiger partial charge in [0.15, 0.2) is 11.9 Å². The molecule has 0 aliphatic heterocycles. The number of carbonyl (C=O) groups excluding carboxylic acids is 2. The highest BCUT2D eigenvalue weighted by atomic mass is 16.5. The molecule has 0 spiro atoms. The number of esters is 1. The quantitative estimate of drug-likeness (QED) is 0.831. The van der Waals surface area contributed by atoms with Crippen LogP contribution in [-0.2, 0) is 20.7 Å². The molecule has 98 valence electrons. The van der Waals surface area contributed by atoms with Gasteiger partial charge in [-0.3, -0.25) is 9.59 Å². The number of rotatable bonds is 4. The van der Waals surface area contributed by atoms with Crippen molar-refractivity contribution in [3.8, 4) is 5.75 Å². The second kappa shape index (κ2) is 5.67. The molecule has 0 unspecified atom stereocenters. The minimum atomic E-state index is -0.758. The number of phenols is 1. The first-order chi connectivity index (χ1) is 8.31. The van der Waals surface area contributed by atoms with Crippen molar-refractivity contribution in [2.75, 3.05) is 0 Å². The lowest BCUT2D eigenvalue weighted by molar-refractivity contribution is -0.152. The molecule has 4 heteroatoms. The maximum absolute atomic E-state index is 11.4. The van der Waals surface area contributed by atoms with Crippen molar-refractivity contribution in [3.63, 3.8) is 0 Å². The van der Waals surface area contributed by atoms with Gasteiger partial charge < -0.3 is 9.84 Å². The van der Waals surface area contributed by atoms with Crippen molar-refractivity contribution in [2.45, 2.75) is 40.2 Å². The standard InChI is InChI=1S/C14H18O4/c1-8-5-12(6-9(2)14(8)17)7-13(10(3)15)18-11(4)16/h5-6,13,17H,7H2,1-4H3/t13-/m1/s1. The molecule has 0 radical (unpaired) electrons. The molecular weight excluding hydrogens is 232 g/mol. The largest absolute Gasteiger partial charge is 0.507 e. The van der Waals surface area contributed by atoms with Crippen molar-refractivity contribution in [1.29, 1.82) is 0 Å². The summed E-state index contributed by atoms with van der Waals surface area (Å²) < 4.78 is 4.97. The van der Waals surface area contributed by atoms with Gasteiger partial charge in [-0.1, -0.05) is 12.1 Å². The molecule has 1 rings (SSSR count). The van der Waals surface area contributed by atoms with Crippen LogP contribution in [0.4, 0.5) is 0 Å². The predicted octanol–water partition coefficient (Wildman–Crippen LogP) is 2.07. The number of hydrogen-bond donors (Lipinski definition) is 1. The van der Waals surface area contributed by atoms with Crippen LogP contribution in [0.5, 0.6) is 5.75 Å². The van der Waals surface area contributed by atoms with Gasteiger partial charge in [0.2, 0.25) is 0 Å². The van der Waals surface area contributed by atoms with E-state index in [2.05, 4.69) is 0 Å². The Morgan fingerprint density at radius 3 is 2.11 bits per heavy atom. The van der Waals surface area contributed by atoms with Gasteiger partial charge in [-0.2, -0.15) is 0 Å². The van der Waals surface area contributed by atoms with Gasteiger partial charge in [-0.05, 0) is 37.5 Å². The zero-order chi connectivity index (χ0) is 13.9. The Kier molecular flexibility index (Phi) is 4.48. The van der Waals surface area contributed by atoms with Crippen LogP contribution in [0.15, 0.2) is 12.1 Å². The van der Waals surface area contributed by atoms with Crippen LogP contribution in [0.2, 0.25) is 0 Å². The van der Waals surface area contributed by atoms with Crippen LogP contribution in [0, 0.1) is 13.8 Å². The third-order valence-corrected chi connectivity index (χ3v) is 2.73. The number of ether oxygens (including phenoxy) is 1. The van der Waals surface area contributed by atoms with E-state index in [0.717, 1.165) is 16.7 Å². The van der Waals surface area contributed by atoms with Gasteiger partial charge in [0, 0.05) is 13.3 Å². The van der Waals surface area contributed by atoms with Gasteiger partial charge in [-0.15, -0.1) is 0 Å². The smallest absolute Gasteiger partial charge is 0.303 e. The highest BCUT2D eigenvalue weighted by Crippen LogP contribution is 2.24. The summed E-state index contributed by atoms with van der Waals surface area (Å²) in [6.07, 6.45) is -0.428. The monoisotopic (exact) mass is 250 g/mol. The fourth-order valence-electron chi connectivity index (χ4n) is 1.85. The van der Waals surface area contributed by atoms with E-state index >= 15 is 0 Å². The van der Waals surface area contributed by atoms with Crippen molar-refractivity contribution < 1.29 is 19.4 Å². The summed E-state index contributed by atoms with van der Waals surface area (Å²) in [5.41, 5.74) is 2.36. The summed E-state index contributed by atoms with van der Waals surface area (Å²) in [6.45, 7) is 6.26. The van der Waals surface area contributed by atoms with Gasteiger partial charge in [0.1, 0.15) is 5.75 Å². The van der Waals surface area contributed by atoms with E-state index in [4.69, 9.17) is 4.74 Å². The van der Waals surface area contributed by atoms with E-state index in [-0.39, 0.29) is 11.5 Å². The van der Waals surface area contributed by atoms with E-state index in [1.165, 1.54) is 13.8 Å². The lowest BCUT2D eigenvalue weighted by Gasteiger charge is -2.15. The maximum Gasteiger partial charge on any atom is 0.303 e. The second-order valence-corrected chi connectivity index (χ2v) is 4.49. The summed E-state index contributed by atoms with van der Waals surface area (Å²) >= 11 is 0. The second-order valence-electron chi connectivity index (χ2n) is 4.49. The number of ketones is 1. The van der Waals surface area contributed by atoms with Gasteiger partial charge in [-0.25, -0.2) is 0 Å². The number of benzene rings is 1. The van der Waals surface area contributed by atoms with Crippen LogP contribution in [0.1, 0.15) is 30.5 Å². The molecule has 18 heavy (non-hydrogen) atoms. The summed E-state index contributed by atoms with van der Waals surface area (Å²) in [4.78, 5) is 22.3. The predicted molar refractivity (Wildman–Crippen MR) is 67.5 cm³/mol. The average molecular weight is 250 g/mol. The molecule has 4 nitrogen and oxygen atoms in total. The molecule has 1 aromatic carbocycles. The Morgan fingerprint density at radius 2 is 1.72 bits per heavy atom. The number of phenolic OH excluding ortho intramolecular Hbond substituents is 1. The number of carbonyl (C=O) groups is 2. The normalized spacial score (nSPS) is 12.0. The molecule has 0 aliphatic rings. The molecule has 0 saturated carbocycles. The van der Waals surface area contributed by atoms with E-state index in [0.29, 0.717) is 6.42 Å². The molecule has 0 bridgehead atoms. The van der Waals surface area contributed by atoms with Gasteiger partial charge in [0.05, 0.1) is 0 Å². The van der Waals surface area contributed by atoms with Crippen LogP contribution in [-0.4, -0.2) is 23.0 Å². The molecular formula is C14H18O4. The van der Waals surface area contributed by atoms with E-state index in [1.807, 2.05) is 0 Å². The molecule has 1 aromatic rings. The van der Waals surface area contributed by atoms with Crippen molar-refractivity contribution in [3.05, 3.63) is 28.8 Å². The van der Waals surface area contributed by atoms with Gasteiger partial charge >= 0.3 is 5.97 Å². The molecule has 0 aromatic heterocycles. The Labute approximate surface area is 107 Å². The van der Waals surface area contributed by atoms with E-state index < -0.39 is 12.1 Å². The Hall–Kier alpha value is -1.84. The van der Waals surface area contributed by atoms with Gasteiger partial charge in [0.25, 0.3) is 0 Å². The highest BCUT2D eigenvalue weighted by Gasteiger charge is 2.18. The minimum absolute atomic E-state index is 0.186. The minimum Gasteiger partial charge on any atom is -0.507 e. The van der Waals surface area contributed by atoms with Crippen LogP contribution in [0.25, 0.3) is 0 Å². The Morgan fingerprint density at radius 1 is 1.22 bits per heavy atom. The first-order valence-electron chi connectivity index (χ1n) is 5.78. The fraction of sp³-hybridized carbons (Fsp3) is 0.429. The molecule has 0 saturated heterocycles. The molecule has 0 aliphatic carbocycles. The summed E-state index contributed by atoms with van der Waals surface area (Å²) in [7, 11) is 0. The lowest BCUT2D eigenvalue weighted by atomic mass is 10.00. The summed E-state index contributed by atoms with van der Waals surface area (Å²) in [5, 5.41) is 9.67. The van der Waals surface area contributed by atoms with Crippen LogP contribution >= 0.6 is 0 Å². The number of aryl methyl sites for hydroxylation is 2. The Balaban J connectivity index is 2.94. The van der Waals surface area contributed by atoms with Crippen molar-refractivity contribution >= 4 is 11.8 Å². The van der Waals surface area contributed by atoms with Crippen LogP contribution in [0.3, 0.4) is 0 Å². The first kappa shape index (κ1) is 14.2. The molecule has 0 amide bonds. The number of aromatic hydroxyl groups is 1. The van der Waals surface area contributed by atoms with E-state index in [1.54, 1.807) is 26.0 Å². The van der Waals surface area contributed by atoms with Crippen LogP contribution < -0.4 is 0 Å². The fourth-order valence-corrected chi connectivity index (χ4v) is 1.85. The average Bonchev–Trinajstić information content (AvgIpc) is 2.24. The SMILES string of the molecule is CC(=O)O[C@H](Cc1cc(C)c(O)c(C)c1)C(C)=O.